The predicted octanol–water partition coefficient (Wildman–Crippen LogP) is 3.58. The largest absolute Gasteiger partial charge is 0.478 e. The molecule has 180 valence electrons. The van der Waals surface area contributed by atoms with Gasteiger partial charge in [0.2, 0.25) is 5.91 Å². The molecule has 0 aliphatic carbocycles. The Morgan fingerprint density at radius 2 is 1.56 bits per heavy atom. The van der Waals surface area contributed by atoms with Crippen LogP contribution in [-0.4, -0.2) is 33.9 Å². The maximum absolute atomic E-state index is 11.4. The van der Waals surface area contributed by atoms with Gasteiger partial charge in [-0.2, -0.15) is 0 Å². The molecule has 2 aromatic carbocycles. The highest BCUT2D eigenvalue weighted by Crippen LogP contribution is 2.14. The molecule has 0 spiro atoms. The molecule has 0 unspecified atom stereocenters. The number of amides is 1. The van der Waals surface area contributed by atoms with Gasteiger partial charge in [-0.05, 0) is 24.3 Å². The average molecular weight is 470 g/mol. The molecule has 2 N–H and O–H groups in total. The zero-order chi connectivity index (χ0) is 25.7. The monoisotopic (exact) mass is 470 g/mol. The van der Waals surface area contributed by atoms with Crippen LogP contribution >= 0.6 is 0 Å². The molecule has 0 bridgehead atoms. The molecule has 3 aromatic rings. The van der Waals surface area contributed by atoms with Gasteiger partial charge in [0.25, 0.3) is 0 Å². The lowest BCUT2D eigenvalue weighted by atomic mass is 10.2. The van der Waals surface area contributed by atoms with Gasteiger partial charge in [0.1, 0.15) is 0 Å². The van der Waals surface area contributed by atoms with Crippen molar-refractivity contribution in [1.82, 2.24) is 4.98 Å². The number of anilines is 1. The summed E-state index contributed by atoms with van der Waals surface area (Å²) in [6.07, 6.45) is 0.966. The summed E-state index contributed by atoms with van der Waals surface area (Å²) in [5.74, 6) is -1.88. The van der Waals surface area contributed by atoms with Crippen molar-refractivity contribution in [3.63, 3.8) is 0 Å². The number of rotatable bonds is 4. The fourth-order valence-corrected chi connectivity index (χ4v) is 2.43. The zero-order valence-corrected chi connectivity index (χ0v) is 19.3. The van der Waals surface area contributed by atoms with E-state index in [1.807, 2.05) is 19.1 Å². The van der Waals surface area contributed by atoms with Crippen LogP contribution in [0.3, 0.4) is 0 Å². The summed E-state index contributed by atoms with van der Waals surface area (Å²) in [7, 11) is 0. The summed E-state index contributed by atoms with van der Waals surface area (Å²) >= 11 is 0. The second kappa shape index (κ2) is 13.9. The summed E-state index contributed by atoms with van der Waals surface area (Å²) < 4.78 is 8.95. The lowest BCUT2D eigenvalue weighted by molar-refractivity contribution is -0.156. The molecule has 3 rings (SSSR count). The van der Waals surface area contributed by atoms with Crippen LogP contribution in [0.1, 0.15) is 50.4 Å². The predicted molar refractivity (Wildman–Crippen MR) is 124 cm³/mol. The Balaban J connectivity index is 0.000000270. The Hall–Kier alpha value is -4.34. The maximum atomic E-state index is 11.4. The number of aromatic carboxylic acids is 1. The van der Waals surface area contributed by atoms with E-state index < -0.39 is 17.9 Å². The van der Waals surface area contributed by atoms with Crippen molar-refractivity contribution in [2.45, 2.75) is 40.5 Å². The van der Waals surface area contributed by atoms with E-state index in [2.05, 4.69) is 15.0 Å². The number of ether oxygens (including phenoxy) is 1. The second-order valence-electron chi connectivity index (χ2n) is 6.60. The van der Waals surface area contributed by atoms with Gasteiger partial charge in [0, 0.05) is 26.7 Å². The van der Waals surface area contributed by atoms with E-state index >= 15 is 0 Å². The molecule has 0 fully saturated rings. The number of nitrogens with one attached hydrogen (secondary N) is 1. The first-order chi connectivity index (χ1) is 16.1. The normalized spacial score (nSPS) is 9.53. The molecule has 0 saturated heterocycles. The first-order valence-electron chi connectivity index (χ1n) is 10.3. The highest BCUT2D eigenvalue weighted by Gasteiger charge is 2.10. The fourth-order valence-electron chi connectivity index (χ4n) is 2.43. The minimum Gasteiger partial charge on any atom is -0.478 e. The van der Waals surface area contributed by atoms with Crippen molar-refractivity contribution in [3.8, 4) is 0 Å². The minimum atomic E-state index is -1.04. The van der Waals surface area contributed by atoms with Crippen LogP contribution in [-0.2, 0) is 25.5 Å². The standard InChI is InChI=1S/C10H11NO3.C10H9NO2.C4H6O3/c1-2-9(12)11-8-6-4-3-5-7(8)10(13)14;1-2-9-11-8-6-4-3-5-7(8)10(12)13-9;1-3(5)7-4(2)6/h3-6H,2H2,1H3,(H,11,12)(H,13,14);3-6H,2H2,1H3;1-2H3. The molecule has 10 heteroatoms. The van der Waals surface area contributed by atoms with Gasteiger partial charge in [-0.15, -0.1) is 0 Å². The fraction of sp³-hybridized carbons (Fsp3) is 0.250. The van der Waals surface area contributed by atoms with Gasteiger partial charge >= 0.3 is 23.5 Å². The Morgan fingerprint density at radius 3 is 2.09 bits per heavy atom. The lowest BCUT2D eigenvalue weighted by Gasteiger charge is -2.06. The smallest absolute Gasteiger partial charge is 0.346 e. The SMILES string of the molecule is CC(=O)OC(C)=O.CCC(=O)Nc1ccccc1C(=O)O.CCc1nc2ccccc2c(=O)o1. The number of carbonyl (C=O) groups excluding carboxylic acids is 3. The molecule has 34 heavy (non-hydrogen) atoms. The van der Waals surface area contributed by atoms with Crippen molar-refractivity contribution in [2.75, 3.05) is 5.32 Å². The Bertz CT molecular complexity index is 1200. The van der Waals surface area contributed by atoms with Gasteiger partial charge in [-0.1, -0.05) is 38.1 Å². The number of nitrogens with zero attached hydrogens (tertiary/aromatic N) is 1. The van der Waals surface area contributed by atoms with E-state index in [0.717, 1.165) is 0 Å². The number of aromatic nitrogens is 1. The minimum absolute atomic E-state index is 0.106. The quantitative estimate of drug-likeness (QED) is 0.430. The third-order valence-electron chi connectivity index (χ3n) is 3.92. The van der Waals surface area contributed by atoms with Crippen LogP contribution in [0.2, 0.25) is 0 Å². The van der Waals surface area contributed by atoms with Crippen LogP contribution in [0.25, 0.3) is 10.9 Å². The molecule has 1 heterocycles. The number of fused-ring (bicyclic) bond motifs is 1. The van der Waals surface area contributed by atoms with Crippen molar-refractivity contribution in [3.05, 3.63) is 70.4 Å². The summed E-state index contributed by atoms with van der Waals surface area (Å²) in [5.41, 5.74) is 0.846. The average Bonchev–Trinajstić information content (AvgIpc) is 2.79. The van der Waals surface area contributed by atoms with Crippen molar-refractivity contribution in [2.24, 2.45) is 0 Å². The molecule has 0 radical (unpaired) electrons. The molecule has 0 aliphatic rings. The number of carbonyl (C=O) groups is 4. The highest BCUT2D eigenvalue weighted by molar-refractivity contribution is 6.00. The maximum Gasteiger partial charge on any atom is 0.346 e. The first kappa shape index (κ1) is 27.7. The number of hydrogen-bond acceptors (Lipinski definition) is 8. The number of aryl methyl sites for hydroxylation is 1. The molecular weight excluding hydrogens is 444 g/mol. The van der Waals surface area contributed by atoms with E-state index in [1.165, 1.54) is 19.9 Å². The third-order valence-corrected chi connectivity index (χ3v) is 3.92. The summed E-state index contributed by atoms with van der Waals surface area (Å²) in [6, 6.07) is 13.5. The number of benzene rings is 2. The Kier molecular flexibility index (Phi) is 11.4. The number of carboxylic acids is 1. The summed E-state index contributed by atoms with van der Waals surface area (Å²) in [6.45, 7) is 5.97. The van der Waals surface area contributed by atoms with E-state index in [-0.39, 0.29) is 17.1 Å². The van der Waals surface area contributed by atoms with Gasteiger partial charge in [0.05, 0.1) is 22.2 Å². The molecule has 1 aromatic heterocycles. The topological polar surface area (TPSA) is 153 Å². The van der Waals surface area contributed by atoms with Gasteiger partial charge < -0.3 is 19.6 Å². The van der Waals surface area contributed by atoms with Crippen LogP contribution in [0.4, 0.5) is 5.69 Å². The molecular formula is C24H26N2O8. The molecule has 0 atom stereocenters. The van der Waals surface area contributed by atoms with E-state index in [4.69, 9.17) is 9.52 Å². The van der Waals surface area contributed by atoms with Crippen LogP contribution in [0, 0.1) is 0 Å². The van der Waals surface area contributed by atoms with E-state index in [0.29, 0.717) is 35.3 Å². The van der Waals surface area contributed by atoms with Crippen molar-refractivity contribution in [1.29, 1.82) is 0 Å². The molecule has 0 aliphatic heterocycles. The van der Waals surface area contributed by atoms with Crippen LogP contribution in [0.15, 0.2) is 57.7 Å². The lowest BCUT2D eigenvalue weighted by Crippen LogP contribution is -2.12. The number of para-hydroxylation sites is 2. The Morgan fingerprint density at radius 1 is 0.971 bits per heavy atom. The van der Waals surface area contributed by atoms with Gasteiger partial charge in [-0.3, -0.25) is 14.4 Å². The highest BCUT2D eigenvalue weighted by atomic mass is 16.6. The molecule has 1 amide bonds. The summed E-state index contributed by atoms with van der Waals surface area (Å²) in [4.78, 5) is 57.0. The number of hydrogen-bond donors (Lipinski definition) is 2. The first-order valence-corrected chi connectivity index (χ1v) is 10.3. The molecule has 0 saturated carbocycles. The van der Waals surface area contributed by atoms with Gasteiger partial charge in [-0.25, -0.2) is 14.6 Å². The number of esters is 2. The van der Waals surface area contributed by atoms with E-state index in [9.17, 15) is 24.0 Å². The Labute approximate surface area is 195 Å². The van der Waals surface area contributed by atoms with Crippen LogP contribution in [0.5, 0.6) is 0 Å². The third kappa shape index (κ3) is 9.43. The number of carboxylic acid groups (broad SMARTS) is 1. The van der Waals surface area contributed by atoms with Crippen molar-refractivity contribution >= 4 is 40.4 Å². The van der Waals surface area contributed by atoms with Gasteiger partial charge in [0.15, 0.2) is 5.89 Å². The zero-order valence-electron chi connectivity index (χ0n) is 19.3. The van der Waals surface area contributed by atoms with Crippen LogP contribution < -0.4 is 10.9 Å². The summed E-state index contributed by atoms with van der Waals surface area (Å²) in [5, 5.41) is 11.9. The van der Waals surface area contributed by atoms with Crippen molar-refractivity contribution < 1.29 is 33.4 Å². The van der Waals surface area contributed by atoms with E-state index in [1.54, 1.807) is 37.3 Å². The second-order valence-corrected chi connectivity index (χ2v) is 6.60. The molecule has 10 nitrogen and oxygen atoms in total.